The average Bonchev–Trinajstić information content (AvgIpc) is 1.53. The summed E-state index contributed by atoms with van der Waals surface area (Å²) >= 11 is 0. The van der Waals surface area contributed by atoms with Crippen LogP contribution in [0.15, 0.2) is 0 Å². The zero-order valence-electron chi connectivity index (χ0n) is 8.63. The van der Waals surface area contributed by atoms with Crippen molar-refractivity contribution in [1.82, 2.24) is 0 Å². The van der Waals surface area contributed by atoms with Gasteiger partial charge in [0, 0.05) is 0 Å². The van der Waals surface area contributed by atoms with Crippen LogP contribution in [0, 0.1) is 5.41 Å². The van der Waals surface area contributed by atoms with E-state index < -0.39 is 17.4 Å². The molecule has 0 aliphatic carbocycles. The fourth-order valence-corrected chi connectivity index (χ4v) is 0.881. The van der Waals surface area contributed by atoms with E-state index in [0.29, 0.717) is 0 Å². The first-order chi connectivity index (χ1) is 4.83. The molecule has 66 valence electrons. The second-order valence-corrected chi connectivity index (χ2v) is 3.31. The van der Waals surface area contributed by atoms with E-state index in [9.17, 15) is 9.59 Å². The third-order valence-corrected chi connectivity index (χ3v) is 1.26. The largest absolute Gasteiger partial charge is 1.00 e. The van der Waals surface area contributed by atoms with E-state index in [0.717, 1.165) is 0 Å². The monoisotopic (exact) mass is 200 g/mol. The van der Waals surface area contributed by atoms with Crippen LogP contribution < -0.4 is 51.4 Å². The second kappa shape index (κ2) is 6.09. The maximum absolute atomic E-state index is 10.2. The molecule has 0 amide bonds. The van der Waals surface area contributed by atoms with Crippen molar-refractivity contribution < 1.29 is 72.6 Å². The molecule has 0 radical (unpaired) electrons. The predicted octanol–water partition coefficient (Wildman–Crippen LogP) is -1.92. The van der Waals surface area contributed by atoms with E-state index in [2.05, 4.69) is 0 Å². The number of carboxylic acid groups (broad SMARTS) is 2. The molecule has 0 aromatic heterocycles. The molecule has 5 heteroatoms. The Balaban J connectivity index is -0.000000500. The van der Waals surface area contributed by atoms with E-state index in [1.54, 1.807) is 13.8 Å². The SMILES string of the molecule is CC(C)(CC(=O)O)CC(=O)O.[H-].[K+]. The first-order valence-electron chi connectivity index (χ1n) is 3.27. The van der Waals surface area contributed by atoms with Crippen LogP contribution in [0.1, 0.15) is 28.1 Å². The molecule has 0 atom stereocenters. The zero-order chi connectivity index (χ0) is 9.07. The standard InChI is InChI=1S/C7H12O4.K.H/c1-7(2,3-5(8)9)4-6(10)11;;/h3-4H2,1-2H3,(H,8,9)(H,10,11);;/q;+1;-1. The average molecular weight is 200 g/mol. The third-order valence-electron chi connectivity index (χ3n) is 1.26. The van der Waals surface area contributed by atoms with Crippen molar-refractivity contribution in [1.29, 1.82) is 0 Å². The van der Waals surface area contributed by atoms with E-state index in [4.69, 9.17) is 10.2 Å². The van der Waals surface area contributed by atoms with Gasteiger partial charge in [0.2, 0.25) is 0 Å². The van der Waals surface area contributed by atoms with Gasteiger partial charge in [0.1, 0.15) is 0 Å². The van der Waals surface area contributed by atoms with Gasteiger partial charge >= 0.3 is 63.3 Å². The zero-order valence-corrected chi connectivity index (χ0v) is 10.7. The molecule has 2 N–H and O–H groups in total. The molecule has 0 aromatic carbocycles. The number of carboxylic acids is 2. The summed E-state index contributed by atoms with van der Waals surface area (Å²) in [4.78, 5) is 20.4. The van der Waals surface area contributed by atoms with Crippen LogP contribution in [0.4, 0.5) is 0 Å². The van der Waals surface area contributed by atoms with Crippen molar-refractivity contribution in [3.05, 3.63) is 0 Å². The Morgan fingerprint density at radius 1 is 1.17 bits per heavy atom. The number of rotatable bonds is 4. The summed E-state index contributed by atoms with van der Waals surface area (Å²) < 4.78 is 0. The van der Waals surface area contributed by atoms with Crippen molar-refractivity contribution in [3.63, 3.8) is 0 Å². The van der Waals surface area contributed by atoms with Crippen LogP contribution in [0.5, 0.6) is 0 Å². The molecule has 12 heavy (non-hydrogen) atoms. The van der Waals surface area contributed by atoms with Crippen LogP contribution in [-0.4, -0.2) is 22.2 Å². The molecule has 0 rings (SSSR count). The Morgan fingerprint density at radius 3 is 1.58 bits per heavy atom. The van der Waals surface area contributed by atoms with Gasteiger partial charge in [-0.1, -0.05) is 13.8 Å². The Bertz CT molecular complexity index is 163. The Labute approximate surface area is 115 Å². The second-order valence-electron chi connectivity index (χ2n) is 3.31. The van der Waals surface area contributed by atoms with Gasteiger partial charge in [0.25, 0.3) is 0 Å². The van der Waals surface area contributed by atoms with Gasteiger partial charge in [-0.05, 0) is 5.41 Å². The Kier molecular flexibility index (Phi) is 7.65. The fourth-order valence-electron chi connectivity index (χ4n) is 0.881. The van der Waals surface area contributed by atoms with Crippen molar-refractivity contribution in [2.45, 2.75) is 26.7 Å². The van der Waals surface area contributed by atoms with Gasteiger partial charge in [-0.15, -0.1) is 0 Å². The summed E-state index contributed by atoms with van der Waals surface area (Å²) in [6.45, 7) is 3.24. The van der Waals surface area contributed by atoms with Crippen molar-refractivity contribution in [2.75, 3.05) is 0 Å². The summed E-state index contributed by atoms with van der Waals surface area (Å²) in [6.07, 6.45) is -0.224. The third kappa shape index (κ3) is 8.67. The molecular formula is C7H13KO4. The van der Waals surface area contributed by atoms with Gasteiger partial charge in [0.05, 0.1) is 12.8 Å². The molecule has 0 fully saturated rings. The summed E-state index contributed by atoms with van der Waals surface area (Å²) in [7, 11) is 0. The maximum Gasteiger partial charge on any atom is 1.00 e. The smallest absolute Gasteiger partial charge is 1.00 e. The van der Waals surface area contributed by atoms with Crippen molar-refractivity contribution in [3.8, 4) is 0 Å². The molecular weight excluding hydrogens is 187 g/mol. The normalized spacial score (nSPS) is 10.2. The topological polar surface area (TPSA) is 74.6 Å². The van der Waals surface area contributed by atoms with E-state index in [1.165, 1.54) is 0 Å². The summed E-state index contributed by atoms with van der Waals surface area (Å²) in [6, 6.07) is 0. The van der Waals surface area contributed by atoms with Crippen LogP contribution in [0.25, 0.3) is 0 Å². The Hall–Kier alpha value is 0.576. The van der Waals surface area contributed by atoms with Crippen LogP contribution >= 0.6 is 0 Å². The van der Waals surface area contributed by atoms with Gasteiger partial charge in [-0.25, -0.2) is 0 Å². The quantitative estimate of drug-likeness (QED) is 0.519. The molecule has 0 spiro atoms. The molecule has 0 saturated heterocycles. The molecule has 0 aliphatic rings. The number of hydrogen-bond donors (Lipinski definition) is 2. The summed E-state index contributed by atoms with van der Waals surface area (Å²) in [5, 5.41) is 16.7. The first-order valence-corrected chi connectivity index (χ1v) is 3.27. The van der Waals surface area contributed by atoms with Crippen molar-refractivity contribution in [2.24, 2.45) is 5.41 Å². The number of carbonyl (C=O) groups is 2. The minimum Gasteiger partial charge on any atom is -1.00 e. The number of hydrogen-bond acceptors (Lipinski definition) is 2. The van der Waals surface area contributed by atoms with E-state index in [1.807, 2.05) is 0 Å². The minimum atomic E-state index is -0.962. The molecule has 0 aliphatic heterocycles. The first kappa shape index (κ1) is 15.1. The molecule has 4 nitrogen and oxygen atoms in total. The molecule has 0 heterocycles. The number of aliphatic carboxylic acids is 2. The fraction of sp³-hybridized carbons (Fsp3) is 0.714. The molecule has 0 bridgehead atoms. The van der Waals surface area contributed by atoms with Crippen LogP contribution in [0.2, 0.25) is 0 Å². The van der Waals surface area contributed by atoms with Crippen LogP contribution in [0.3, 0.4) is 0 Å². The predicted molar refractivity (Wildman–Crippen MR) is 39.4 cm³/mol. The maximum atomic E-state index is 10.2. The minimum absolute atomic E-state index is 0. The van der Waals surface area contributed by atoms with Gasteiger partial charge in [0.15, 0.2) is 0 Å². The molecule has 0 aromatic rings. The van der Waals surface area contributed by atoms with E-state index in [-0.39, 0.29) is 65.7 Å². The molecule has 0 unspecified atom stereocenters. The van der Waals surface area contributed by atoms with E-state index >= 15 is 0 Å². The van der Waals surface area contributed by atoms with Crippen molar-refractivity contribution >= 4 is 11.9 Å². The van der Waals surface area contributed by atoms with Gasteiger partial charge < -0.3 is 11.6 Å². The Morgan fingerprint density at radius 2 is 1.42 bits per heavy atom. The van der Waals surface area contributed by atoms with Gasteiger partial charge in [-0.2, -0.15) is 0 Å². The van der Waals surface area contributed by atoms with Crippen LogP contribution in [-0.2, 0) is 9.59 Å². The molecule has 0 saturated carbocycles. The summed E-state index contributed by atoms with van der Waals surface area (Å²) in [5.41, 5.74) is -0.655. The summed E-state index contributed by atoms with van der Waals surface area (Å²) in [5.74, 6) is -1.92. The van der Waals surface area contributed by atoms with Gasteiger partial charge in [-0.3, -0.25) is 9.59 Å².